The quantitative estimate of drug-likeness (QED) is 0.579. The topological polar surface area (TPSA) is 67.4 Å². The summed E-state index contributed by atoms with van der Waals surface area (Å²) < 4.78 is 5.45. The number of rotatable bonds is 10. The number of amides is 2. The Labute approximate surface area is 165 Å². The molecule has 0 spiro atoms. The molecule has 0 aliphatic heterocycles. The van der Waals surface area contributed by atoms with Gasteiger partial charge in [0.05, 0.1) is 16.7 Å². The fourth-order valence-corrected chi connectivity index (χ4v) is 2.83. The third kappa shape index (κ3) is 8.39. The van der Waals surface area contributed by atoms with E-state index in [4.69, 9.17) is 27.9 Å². The lowest BCUT2D eigenvalue weighted by Gasteiger charge is -2.20. The molecule has 26 heavy (non-hydrogen) atoms. The Morgan fingerprint density at radius 3 is 2.42 bits per heavy atom. The monoisotopic (exact) mass is 402 g/mol. The average Bonchev–Trinajstić information content (AvgIpc) is 2.52. The summed E-state index contributed by atoms with van der Waals surface area (Å²) >= 11 is 11.9. The van der Waals surface area contributed by atoms with Gasteiger partial charge in [0, 0.05) is 18.2 Å². The van der Waals surface area contributed by atoms with Crippen LogP contribution in [0.15, 0.2) is 18.2 Å². The highest BCUT2D eigenvalue weighted by Gasteiger charge is 2.23. The van der Waals surface area contributed by atoms with Gasteiger partial charge < -0.3 is 15.4 Å². The number of ether oxygens (including phenoxy) is 1. The fraction of sp³-hybridized carbons (Fsp3) is 0.579. The Balaban J connectivity index is 2.64. The second kappa shape index (κ2) is 11.4. The summed E-state index contributed by atoms with van der Waals surface area (Å²) in [6, 6.07) is 4.02. The predicted octanol–water partition coefficient (Wildman–Crippen LogP) is 4.07. The predicted molar refractivity (Wildman–Crippen MR) is 106 cm³/mol. The van der Waals surface area contributed by atoms with Crippen molar-refractivity contribution in [3.05, 3.63) is 33.8 Å². The molecule has 0 bridgehead atoms. The summed E-state index contributed by atoms with van der Waals surface area (Å²) in [5, 5.41) is 6.33. The molecule has 0 radical (unpaired) electrons. The molecule has 0 fully saturated rings. The van der Waals surface area contributed by atoms with Gasteiger partial charge in [-0.2, -0.15) is 0 Å². The van der Waals surface area contributed by atoms with Crippen molar-refractivity contribution in [2.45, 2.75) is 52.7 Å². The molecule has 0 saturated heterocycles. The van der Waals surface area contributed by atoms with Crippen LogP contribution in [0.1, 0.15) is 50.9 Å². The number of hydrogen-bond donors (Lipinski definition) is 2. The van der Waals surface area contributed by atoms with E-state index in [-0.39, 0.29) is 23.0 Å². The summed E-state index contributed by atoms with van der Waals surface area (Å²) in [6.07, 6.45) is 1.42. The highest BCUT2D eigenvalue weighted by Crippen LogP contribution is 2.21. The molecule has 1 rings (SSSR count). The molecular weight excluding hydrogens is 375 g/mol. The minimum Gasteiger partial charge on any atom is -0.379 e. The van der Waals surface area contributed by atoms with Crippen LogP contribution in [0.25, 0.3) is 0 Å². The molecule has 1 unspecified atom stereocenters. The molecule has 1 aromatic carbocycles. The van der Waals surface area contributed by atoms with Crippen LogP contribution in [0.4, 0.5) is 0 Å². The first-order valence-electron chi connectivity index (χ1n) is 8.86. The van der Waals surface area contributed by atoms with Crippen molar-refractivity contribution in [2.24, 2.45) is 5.92 Å². The van der Waals surface area contributed by atoms with Crippen LogP contribution in [-0.2, 0) is 9.53 Å². The van der Waals surface area contributed by atoms with Crippen LogP contribution in [0, 0.1) is 5.92 Å². The Hall–Kier alpha value is -1.30. The maximum Gasteiger partial charge on any atom is 0.253 e. The van der Waals surface area contributed by atoms with Crippen molar-refractivity contribution in [1.82, 2.24) is 10.6 Å². The molecule has 0 aliphatic rings. The van der Waals surface area contributed by atoms with Crippen LogP contribution in [0.3, 0.4) is 0 Å². The molecule has 2 amide bonds. The van der Waals surface area contributed by atoms with Gasteiger partial charge in [0.2, 0.25) is 5.91 Å². The first-order chi connectivity index (χ1) is 12.2. The number of benzene rings is 1. The van der Waals surface area contributed by atoms with Crippen molar-refractivity contribution in [1.29, 1.82) is 0 Å². The molecule has 0 heterocycles. The van der Waals surface area contributed by atoms with Crippen molar-refractivity contribution < 1.29 is 14.3 Å². The highest BCUT2D eigenvalue weighted by atomic mass is 35.5. The van der Waals surface area contributed by atoms with E-state index < -0.39 is 11.9 Å². The minimum atomic E-state index is -0.625. The van der Waals surface area contributed by atoms with Crippen LogP contribution in [0.2, 0.25) is 10.0 Å². The molecule has 7 heteroatoms. The van der Waals surface area contributed by atoms with Gasteiger partial charge in [-0.3, -0.25) is 9.59 Å². The number of carbonyl (C=O) groups excluding carboxylic acids is 2. The minimum absolute atomic E-state index is 0.169. The Morgan fingerprint density at radius 2 is 1.85 bits per heavy atom. The number of hydrogen-bond acceptors (Lipinski definition) is 3. The lowest BCUT2D eigenvalue weighted by molar-refractivity contribution is -0.123. The van der Waals surface area contributed by atoms with Gasteiger partial charge in [-0.05, 0) is 50.8 Å². The van der Waals surface area contributed by atoms with Gasteiger partial charge >= 0.3 is 0 Å². The molecule has 5 nitrogen and oxygen atoms in total. The van der Waals surface area contributed by atoms with Crippen molar-refractivity contribution in [3.63, 3.8) is 0 Å². The van der Waals surface area contributed by atoms with Crippen molar-refractivity contribution in [3.8, 4) is 0 Å². The summed E-state index contributed by atoms with van der Waals surface area (Å²) in [5.41, 5.74) is 0.294. The molecule has 1 atom stereocenters. The standard InChI is InChI=1S/C19H28Cl2N2O3/c1-12(2)10-17(19(25)22-8-5-9-26-13(3)4)23-18(24)15-7-6-14(20)11-16(15)21/h6-7,11-13,17H,5,8-10H2,1-4H3,(H,22,25)(H,23,24). The zero-order valence-corrected chi connectivity index (χ0v) is 17.3. The normalized spacial score (nSPS) is 12.3. The number of carbonyl (C=O) groups is 2. The molecule has 0 saturated carbocycles. The molecular formula is C19H28Cl2N2O3. The number of nitrogens with one attached hydrogen (secondary N) is 2. The van der Waals surface area contributed by atoms with Crippen molar-refractivity contribution >= 4 is 35.0 Å². The smallest absolute Gasteiger partial charge is 0.253 e. The lowest BCUT2D eigenvalue weighted by Crippen LogP contribution is -2.47. The number of halogens is 2. The fourth-order valence-electron chi connectivity index (χ4n) is 2.34. The molecule has 1 aromatic rings. The SMILES string of the molecule is CC(C)CC(NC(=O)c1ccc(Cl)cc1Cl)C(=O)NCCCOC(C)C. The average molecular weight is 403 g/mol. The Bertz CT molecular complexity index is 606. The van der Waals surface area contributed by atoms with E-state index in [2.05, 4.69) is 10.6 Å². The van der Waals surface area contributed by atoms with Gasteiger partial charge in [0.15, 0.2) is 0 Å². The molecule has 146 valence electrons. The van der Waals surface area contributed by atoms with E-state index in [1.165, 1.54) is 6.07 Å². The van der Waals surface area contributed by atoms with E-state index in [1.807, 2.05) is 27.7 Å². The van der Waals surface area contributed by atoms with Gasteiger partial charge in [-0.25, -0.2) is 0 Å². The van der Waals surface area contributed by atoms with Gasteiger partial charge in [0.1, 0.15) is 6.04 Å². The van der Waals surface area contributed by atoms with Crippen LogP contribution in [0.5, 0.6) is 0 Å². The van der Waals surface area contributed by atoms with Gasteiger partial charge in [-0.1, -0.05) is 37.0 Å². The van der Waals surface area contributed by atoms with E-state index in [1.54, 1.807) is 12.1 Å². The van der Waals surface area contributed by atoms with E-state index >= 15 is 0 Å². The third-order valence-electron chi connectivity index (χ3n) is 3.58. The summed E-state index contributed by atoms with van der Waals surface area (Å²) in [6.45, 7) is 9.01. The Morgan fingerprint density at radius 1 is 1.15 bits per heavy atom. The lowest BCUT2D eigenvalue weighted by atomic mass is 10.0. The van der Waals surface area contributed by atoms with Crippen molar-refractivity contribution in [2.75, 3.05) is 13.2 Å². The molecule has 2 N–H and O–H groups in total. The first-order valence-corrected chi connectivity index (χ1v) is 9.61. The largest absolute Gasteiger partial charge is 0.379 e. The van der Waals surface area contributed by atoms with Crippen LogP contribution >= 0.6 is 23.2 Å². The van der Waals surface area contributed by atoms with Crippen LogP contribution in [-0.4, -0.2) is 37.1 Å². The molecule has 0 aromatic heterocycles. The van der Waals surface area contributed by atoms with Crippen LogP contribution < -0.4 is 10.6 Å². The Kier molecular flexibility index (Phi) is 9.99. The summed E-state index contributed by atoms with van der Waals surface area (Å²) in [5.74, 6) is -0.353. The zero-order valence-electron chi connectivity index (χ0n) is 15.8. The van der Waals surface area contributed by atoms with E-state index in [9.17, 15) is 9.59 Å². The summed E-state index contributed by atoms with van der Waals surface area (Å²) in [7, 11) is 0. The van der Waals surface area contributed by atoms with Gasteiger partial charge in [0.25, 0.3) is 5.91 Å². The third-order valence-corrected chi connectivity index (χ3v) is 4.12. The van der Waals surface area contributed by atoms with Gasteiger partial charge in [-0.15, -0.1) is 0 Å². The highest BCUT2D eigenvalue weighted by molar-refractivity contribution is 6.36. The maximum absolute atomic E-state index is 12.5. The van der Waals surface area contributed by atoms with E-state index in [0.717, 1.165) is 6.42 Å². The second-order valence-electron chi connectivity index (χ2n) is 6.84. The van der Waals surface area contributed by atoms with E-state index in [0.29, 0.717) is 30.2 Å². The summed E-state index contributed by atoms with van der Waals surface area (Å²) in [4.78, 5) is 24.9. The molecule has 0 aliphatic carbocycles. The maximum atomic E-state index is 12.5. The second-order valence-corrected chi connectivity index (χ2v) is 7.69. The first kappa shape index (κ1) is 22.7. The zero-order chi connectivity index (χ0) is 19.7.